The molecule has 164 valence electrons. The standard InChI is InChI=1S/C19H16N6O5S2/c1-23(10-12-11-24(22-21-12)13-6-4-3-5-7-13)19-20-18(26)15-8-14(32(2,29)30)9-16(25(27)28)17(15)31-19/h3-9,11H,10H2,1-2H3. The highest BCUT2D eigenvalue weighted by molar-refractivity contribution is 7.90. The first kappa shape index (κ1) is 21.5. The van der Waals surface area contributed by atoms with E-state index in [-0.39, 0.29) is 26.7 Å². The zero-order chi connectivity index (χ0) is 23.0. The second-order valence-corrected chi connectivity index (χ2v) is 9.99. The third kappa shape index (κ3) is 4.20. The van der Waals surface area contributed by atoms with Crippen molar-refractivity contribution in [2.24, 2.45) is 0 Å². The molecule has 0 radical (unpaired) electrons. The number of fused-ring (bicyclic) bond motifs is 1. The van der Waals surface area contributed by atoms with E-state index >= 15 is 0 Å². The van der Waals surface area contributed by atoms with Crippen LogP contribution < -0.4 is 10.5 Å². The predicted molar refractivity (Wildman–Crippen MR) is 119 cm³/mol. The highest BCUT2D eigenvalue weighted by Gasteiger charge is 2.23. The highest BCUT2D eigenvalue weighted by Crippen LogP contribution is 2.34. The quantitative estimate of drug-likeness (QED) is 0.305. The Balaban J connectivity index is 1.72. The molecule has 0 aliphatic rings. The minimum Gasteiger partial charge on any atom is -0.345 e. The largest absolute Gasteiger partial charge is 0.345 e. The van der Waals surface area contributed by atoms with Crippen molar-refractivity contribution in [2.45, 2.75) is 11.4 Å². The number of hydrogen-bond acceptors (Lipinski definition) is 10. The van der Waals surface area contributed by atoms with Gasteiger partial charge in [0, 0.05) is 19.4 Å². The van der Waals surface area contributed by atoms with Gasteiger partial charge < -0.3 is 4.90 Å². The van der Waals surface area contributed by atoms with Crippen LogP contribution in [-0.4, -0.2) is 46.6 Å². The zero-order valence-corrected chi connectivity index (χ0v) is 18.5. The van der Waals surface area contributed by atoms with Crippen molar-refractivity contribution in [1.29, 1.82) is 0 Å². The first-order valence-corrected chi connectivity index (χ1v) is 11.9. The number of sulfone groups is 1. The van der Waals surface area contributed by atoms with Crippen LogP contribution in [0.5, 0.6) is 0 Å². The monoisotopic (exact) mass is 472 g/mol. The molecular weight excluding hydrogens is 456 g/mol. The number of nitro benzene ring substituents is 1. The van der Waals surface area contributed by atoms with E-state index in [2.05, 4.69) is 15.3 Å². The number of non-ortho nitro benzene ring substituents is 1. The van der Waals surface area contributed by atoms with Crippen molar-refractivity contribution in [3.63, 3.8) is 0 Å². The summed E-state index contributed by atoms with van der Waals surface area (Å²) in [5, 5.41) is 19.9. The van der Waals surface area contributed by atoms with Crippen molar-refractivity contribution in [3.8, 4) is 5.69 Å². The van der Waals surface area contributed by atoms with Gasteiger partial charge in [-0.25, -0.2) is 13.1 Å². The molecule has 0 fully saturated rings. The number of rotatable bonds is 6. The molecule has 2 aromatic heterocycles. The van der Waals surface area contributed by atoms with E-state index in [0.717, 1.165) is 35.4 Å². The van der Waals surface area contributed by atoms with E-state index in [0.29, 0.717) is 5.69 Å². The Morgan fingerprint density at radius 1 is 1.22 bits per heavy atom. The van der Waals surface area contributed by atoms with Gasteiger partial charge in [-0.1, -0.05) is 34.7 Å². The van der Waals surface area contributed by atoms with Crippen LogP contribution in [0.25, 0.3) is 15.8 Å². The van der Waals surface area contributed by atoms with Crippen molar-refractivity contribution in [1.82, 2.24) is 20.0 Å². The number of aromatic nitrogens is 4. The van der Waals surface area contributed by atoms with Crippen molar-refractivity contribution < 1.29 is 13.3 Å². The Labute approximate surface area is 185 Å². The third-order valence-electron chi connectivity index (χ3n) is 4.58. The molecule has 4 aromatic rings. The maximum atomic E-state index is 12.6. The number of nitro groups is 1. The molecule has 0 spiro atoms. The van der Waals surface area contributed by atoms with Gasteiger partial charge in [0.2, 0.25) is 0 Å². The normalized spacial score (nSPS) is 11.6. The van der Waals surface area contributed by atoms with Crippen LogP contribution in [0.15, 0.2) is 58.4 Å². The summed E-state index contributed by atoms with van der Waals surface area (Å²) in [7, 11) is -2.08. The van der Waals surface area contributed by atoms with Crippen LogP contribution in [0.3, 0.4) is 0 Å². The molecule has 0 bridgehead atoms. The van der Waals surface area contributed by atoms with Gasteiger partial charge in [0.1, 0.15) is 10.4 Å². The molecule has 0 aliphatic carbocycles. The lowest BCUT2D eigenvalue weighted by atomic mass is 10.2. The molecule has 2 heterocycles. The topological polar surface area (TPSA) is 141 Å². The van der Waals surface area contributed by atoms with Crippen LogP contribution in [0.4, 0.5) is 10.8 Å². The molecule has 0 N–H and O–H groups in total. The summed E-state index contributed by atoms with van der Waals surface area (Å²) in [6, 6.07) is 11.5. The third-order valence-corrected chi connectivity index (χ3v) is 6.89. The van der Waals surface area contributed by atoms with E-state index in [1.54, 1.807) is 22.8 Å². The van der Waals surface area contributed by atoms with Gasteiger partial charge in [-0.3, -0.25) is 14.9 Å². The van der Waals surface area contributed by atoms with Gasteiger partial charge in [0.05, 0.1) is 33.6 Å². The molecule has 0 atom stereocenters. The maximum absolute atomic E-state index is 12.6. The number of nitrogens with zero attached hydrogens (tertiary/aromatic N) is 6. The summed E-state index contributed by atoms with van der Waals surface area (Å²) in [6.45, 7) is 0.247. The molecule has 0 amide bonds. The van der Waals surface area contributed by atoms with Crippen molar-refractivity contribution in [2.75, 3.05) is 18.2 Å². The van der Waals surface area contributed by atoms with E-state index in [1.807, 2.05) is 30.3 Å². The molecule has 0 saturated heterocycles. The number of para-hydroxylation sites is 1. The van der Waals surface area contributed by atoms with Gasteiger partial charge in [-0.2, -0.15) is 4.98 Å². The molecule has 0 saturated carbocycles. The summed E-state index contributed by atoms with van der Waals surface area (Å²) >= 11 is 0.929. The number of anilines is 1. The lowest BCUT2D eigenvalue weighted by molar-refractivity contribution is -0.383. The summed E-state index contributed by atoms with van der Waals surface area (Å²) in [6.07, 6.45) is 2.65. The Morgan fingerprint density at radius 3 is 2.59 bits per heavy atom. The van der Waals surface area contributed by atoms with Crippen LogP contribution in [0.1, 0.15) is 5.69 Å². The van der Waals surface area contributed by atoms with Gasteiger partial charge in [0.25, 0.3) is 11.2 Å². The number of hydrogen-bond donors (Lipinski definition) is 0. The van der Waals surface area contributed by atoms with Gasteiger partial charge >= 0.3 is 0 Å². The smallest absolute Gasteiger partial charge is 0.288 e. The Hall–Kier alpha value is -3.71. The zero-order valence-electron chi connectivity index (χ0n) is 16.9. The first-order valence-electron chi connectivity index (χ1n) is 9.14. The predicted octanol–water partition coefficient (Wildman–Crippen LogP) is 2.19. The van der Waals surface area contributed by atoms with Crippen LogP contribution in [0.2, 0.25) is 0 Å². The minimum absolute atomic E-state index is 0.0530. The molecule has 0 unspecified atom stereocenters. The van der Waals surface area contributed by atoms with Crippen LogP contribution >= 0.6 is 11.3 Å². The SMILES string of the molecule is CN(Cc1cn(-c2ccccc2)nn1)c1nc(=O)c2cc(S(C)(=O)=O)cc([N+](=O)[O-])c2s1. The minimum atomic E-state index is -3.75. The van der Waals surface area contributed by atoms with E-state index in [9.17, 15) is 23.3 Å². The summed E-state index contributed by atoms with van der Waals surface area (Å²) in [4.78, 5) is 28.8. The Bertz CT molecular complexity index is 1500. The van der Waals surface area contributed by atoms with Gasteiger partial charge in [0.15, 0.2) is 15.0 Å². The summed E-state index contributed by atoms with van der Waals surface area (Å²) in [5.41, 5.74) is 0.221. The van der Waals surface area contributed by atoms with E-state index < -0.39 is 26.0 Å². The van der Waals surface area contributed by atoms with Crippen molar-refractivity contribution in [3.05, 3.63) is 74.8 Å². The molecule has 11 nitrogen and oxygen atoms in total. The Kier molecular flexibility index (Phi) is 5.44. The molecule has 0 aliphatic heterocycles. The first-order chi connectivity index (χ1) is 15.1. The molecule has 32 heavy (non-hydrogen) atoms. The lowest BCUT2D eigenvalue weighted by Gasteiger charge is -2.15. The van der Waals surface area contributed by atoms with Crippen LogP contribution in [0, 0.1) is 10.1 Å². The molecule has 2 aromatic carbocycles. The highest BCUT2D eigenvalue weighted by atomic mass is 32.2. The fourth-order valence-electron chi connectivity index (χ4n) is 3.02. The van der Waals surface area contributed by atoms with Gasteiger partial charge in [-0.15, -0.1) is 5.10 Å². The summed E-state index contributed by atoms with van der Waals surface area (Å²) in [5.74, 6) is 0. The van der Waals surface area contributed by atoms with Crippen LogP contribution in [-0.2, 0) is 16.4 Å². The second kappa shape index (κ2) is 8.09. The second-order valence-electron chi connectivity index (χ2n) is 7.00. The summed E-state index contributed by atoms with van der Waals surface area (Å²) < 4.78 is 25.4. The van der Waals surface area contributed by atoms with E-state index in [4.69, 9.17) is 0 Å². The fourth-order valence-corrected chi connectivity index (χ4v) is 4.70. The fraction of sp³-hybridized carbons (Fsp3) is 0.158. The maximum Gasteiger partial charge on any atom is 0.288 e. The average Bonchev–Trinajstić information content (AvgIpc) is 3.21. The molecule has 4 rings (SSSR count). The van der Waals surface area contributed by atoms with E-state index in [1.165, 1.54) is 0 Å². The average molecular weight is 473 g/mol. The number of benzene rings is 2. The lowest BCUT2D eigenvalue weighted by Crippen LogP contribution is -2.20. The molecule has 13 heteroatoms. The van der Waals surface area contributed by atoms with Gasteiger partial charge in [-0.05, 0) is 18.2 Å². The Morgan fingerprint density at radius 2 is 1.94 bits per heavy atom. The molecular formula is C19H16N6O5S2. The van der Waals surface area contributed by atoms with Crippen molar-refractivity contribution >= 4 is 42.1 Å².